The smallest absolute Gasteiger partial charge is 0.405 e. The number of halogens is 4. The highest BCUT2D eigenvalue weighted by atomic mass is 79.9. The highest BCUT2D eigenvalue weighted by molar-refractivity contribution is 9.09. The maximum atomic E-state index is 12.1. The number of nitrogens with two attached hydrogens (primary N) is 1. The van der Waals surface area contributed by atoms with Crippen LogP contribution in [-0.2, 0) is 0 Å². The van der Waals surface area contributed by atoms with E-state index in [1.165, 1.54) is 24.3 Å². The van der Waals surface area contributed by atoms with E-state index in [0.29, 0.717) is 11.0 Å². The predicted octanol–water partition coefficient (Wildman–Crippen LogP) is 3.58. The maximum absolute atomic E-state index is 12.1. The molecule has 16 heavy (non-hydrogen) atoms. The van der Waals surface area contributed by atoms with Crippen LogP contribution in [0.1, 0.15) is 5.56 Å². The fourth-order valence-corrected chi connectivity index (χ4v) is 1.27. The van der Waals surface area contributed by atoms with Gasteiger partial charge in [0.05, 0.1) is 0 Å². The molecule has 0 aromatic heterocycles. The van der Waals surface area contributed by atoms with E-state index in [0.717, 1.165) is 0 Å². The zero-order valence-corrected chi connectivity index (χ0v) is 9.68. The first-order valence-corrected chi connectivity index (χ1v) is 5.42. The first-order chi connectivity index (χ1) is 7.42. The van der Waals surface area contributed by atoms with Crippen LogP contribution in [0.2, 0.25) is 0 Å². The van der Waals surface area contributed by atoms with Crippen LogP contribution in [0.25, 0.3) is 6.08 Å². The SMILES string of the molecule is Nc1ccc(OC(F)(F)F)c(C=CCBr)c1. The molecule has 0 saturated heterocycles. The molecule has 0 unspecified atom stereocenters. The van der Waals surface area contributed by atoms with Gasteiger partial charge in [-0.2, -0.15) is 0 Å². The second-order valence-electron chi connectivity index (χ2n) is 2.90. The Labute approximate surface area is 99.0 Å². The molecule has 1 aromatic rings. The van der Waals surface area contributed by atoms with Crippen molar-refractivity contribution >= 4 is 27.7 Å². The average Bonchev–Trinajstić information content (AvgIpc) is 2.16. The van der Waals surface area contributed by atoms with Gasteiger partial charge in [0, 0.05) is 16.6 Å². The summed E-state index contributed by atoms with van der Waals surface area (Å²) in [6, 6.07) is 3.96. The third kappa shape index (κ3) is 4.14. The minimum atomic E-state index is -4.70. The molecule has 0 heterocycles. The second kappa shape index (κ2) is 5.25. The lowest BCUT2D eigenvalue weighted by Crippen LogP contribution is -2.17. The summed E-state index contributed by atoms with van der Waals surface area (Å²) in [6.07, 6.45) is -1.54. The molecule has 88 valence electrons. The number of rotatable bonds is 3. The Bertz CT molecular complexity index is 390. The zero-order valence-electron chi connectivity index (χ0n) is 8.09. The molecule has 1 aromatic carbocycles. The van der Waals surface area contributed by atoms with Gasteiger partial charge in [0.25, 0.3) is 0 Å². The van der Waals surface area contributed by atoms with Crippen LogP contribution in [-0.4, -0.2) is 11.7 Å². The minimum Gasteiger partial charge on any atom is -0.405 e. The summed E-state index contributed by atoms with van der Waals surface area (Å²) in [5, 5.41) is 0.535. The first kappa shape index (κ1) is 12.9. The molecule has 0 amide bonds. The lowest BCUT2D eigenvalue weighted by atomic mass is 10.1. The molecule has 0 fully saturated rings. The second-order valence-corrected chi connectivity index (χ2v) is 3.55. The molecule has 2 nitrogen and oxygen atoms in total. The van der Waals surface area contributed by atoms with Gasteiger partial charge >= 0.3 is 6.36 Å². The minimum absolute atomic E-state index is 0.265. The molecular weight excluding hydrogens is 287 g/mol. The topological polar surface area (TPSA) is 35.2 Å². The van der Waals surface area contributed by atoms with Crippen molar-refractivity contribution in [3.63, 3.8) is 0 Å². The summed E-state index contributed by atoms with van der Waals surface area (Å²) >= 11 is 3.13. The van der Waals surface area contributed by atoms with Crippen LogP contribution in [0.4, 0.5) is 18.9 Å². The van der Waals surface area contributed by atoms with Gasteiger partial charge in [0.2, 0.25) is 0 Å². The summed E-state index contributed by atoms with van der Waals surface area (Å²) in [7, 11) is 0. The normalized spacial score (nSPS) is 12.0. The molecule has 1 rings (SSSR count). The molecule has 0 atom stereocenters. The van der Waals surface area contributed by atoms with E-state index < -0.39 is 6.36 Å². The lowest BCUT2D eigenvalue weighted by molar-refractivity contribution is -0.274. The first-order valence-electron chi connectivity index (χ1n) is 4.30. The number of ether oxygens (including phenoxy) is 1. The molecule has 0 spiro atoms. The molecule has 0 radical (unpaired) electrons. The lowest BCUT2D eigenvalue weighted by Gasteiger charge is -2.11. The third-order valence-electron chi connectivity index (χ3n) is 1.65. The molecule has 0 saturated carbocycles. The van der Waals surface area contributed by atoms with Crippen molar-refractivity contribution in [2.45, 2.75) is 6.36 Å². The Morgan fingerprint density at radius 3 is 2.62 bits per heavy atom. The van der Waals surface area contributed by atoms with E-state index in [4.69, 9.17) is 5.73 Å². The van der Waals surface area contributed by atoms with Gasteiger partial charge in [0.1, 0.15) is 5.75 Å². The van der Waals surface area contributed by atoms with Crippen molar-refractivity contribution in [1.82, 2.24) is 0 Å². The Morgan fingerprint density at radius 1 is 1.38 bits per heavy atom. The van der Waals surface area contributed by atoms with E-state index in [-0.39, 0.29) is 11.3 Å². The molecule has 0 aliphatic rings. The quantitative estimate of drug-likeness (QED) is 0.683. The number of allylic oxidation sites excluding steroid dienone is 1. The van der Waals surface area contributed by atoms with Gasteiger partial charge in [-0.05, 0) is 18.2 Å². The maximum Gasteiger partial charge on any atom is 0.573 e. The molecule has 2 N–H and O–H groups in total. The fraction of sp³-hybridized carbons (Fsp3) is 0.200. The Kier molecular flexibility index (Phi) is 4.23. The molecular formula is C10H9BrF3NO. The average molecular weight is 296 g/mol. The van der Waals surface area contributed by atoms with Crippen LogP contribution in [0.15, 0.2) is 24.3 Å². The molecule has 0 aliphatic heterocycles. The monoisotopic (exact) mass is 295 g/mol. The zero-order chi connectivity index (χ0) is 12.2. The van der Waals surface area contributed by atoms with Gasteiger partial charge < -0.3 is 10.5 Å². The van der Waals surface area contributed by atoms with Crippen molar-refractivity contribution in [2.24, 2.45) is 0 Å². The van der Waals surface area contributed by atoms with Crippen LogP contribution >= 0.6 is 15.9 Å². The van der Waals surface area contributed by atoms with E-state index in [1.807, 2.05) is 0 Å². The van der Waals surface area contributed by atoms with E-state index in [2.05, 4.69) is 20.7 Å². The van der Waals surface area contributed by atoms with E-state index in [1.54, 1.807) is 6.08 Å². The highest BCUT2D eigenvalue weighted by Crippen LogP contribution is 2.28. The standard InChI is InChI=1S/C10H9BrF3NO/c11-5-1-2-7-6-8(15)3-4-9(7)16-10(12,13)14/h1-4,6H,5,15H2. The number of hydrogen-bond donors (Lipinski definition) is 1. The number of benzene rings is 1. The number of alkyl halides is 4. The molecule has 0 bridgehead atoms. The van der Waals surface area contributed by atoms with Crippen LogP contribution in [0.5, 0.6) is 5.75 Å². The van der Waals surface area contributed by atoms with Crippen molar-refractivity contribution in [1.29, 1.82) is 0 Å². The summed E-state index contributed by atoms with van der Waals surface area (Å²) in [4.78, 5) is 0. The van der Waals surface area contributed by atoms with E-state index in [9.17, 15) is 13.2 Å². The summed E-state index contributed by atoms with van der Waals surface area (Å²) in [5.74, 6) is -0.265. The Balaban J connectivity index is 3.03. The van der Waals surface area contributed by atoms with Crippen molar-refractivity contribution < 1.29 is 17.9 Å². The van der Waals surface area contributed by atoms with Crippen molar-refractivity contribution in [3.8, 4) is 5.75 Å². The summed E-state index contributed by atoms with van der Waals surface area (Å²) < 4.78 is 40.0. The Morgan fingerprint density at radius 2 is 2.06 bits per heavy atom. The summed E-state index contributed by atoms with van der Waals surface area (Å²) in [6.45, 7) is 0. The Hall–Kier alpha value is -1.17. The number of nitrogen functional groups attached to an aromatic ring is 1. The van der Waals surface area contributed by atoms with Crippen molar-refractivity contribution in [3.05, 3.63) is 29.8 Å². The van der Waals surface area contributed by atoms with Gasteiger partial charge in [-0.15, -0.1) is 13.2 Å². The van der Waals surface area contributed by atoms with Gasteiger partial charge in [-0.25, -0.2) is 0 Å². The van der Waals surface area contributed by atoms with E-state index >= 15 is 0 Å². The number of anilines is 1. The fourth-order valence-electron chi connectivity index (χ4n) is 1.09. The van der Waals surface area contributed by atoms with Gasteiger partial charge in [-0.3, -0.25) is 0 Å². The molecule has 6 heteroatoms. The largest absolute Gasteiger partial charge is 0.573 e. The molecule has 0 aliphatic carbocycles. The third-order valence-corrected chi connectivity index (χ3v) is 2.02. The predicted molar refractivity (Wildman–Crippen MR) is 60.4 cm³/mol. The van der Waals surface area contributed by atoms with Crippen LogP contribution < -0.4 is 10.5 Å². The van der Waals surface area contributed by atoms with Gasteiger partial charge in [0.15, 0.2) is 0 Å². The summed E-state index contributed by atoms with van der Waals surface area (Å²) in [5.41, 5.74) is 6.15. The van der Waals surface area contributed by atoms with Crippen LogP contribution in [0.3, 0.4) is 0 Å². The number of hydrogen-bond acceptors (Lipinski definition) is 2. The highest BCUT2D eigenvalue weighted by Gasteiger charge is 2.31. The van der Waals surface area contributed by atoms with Crippen molar-refractivity contribution in [2.75, 3.05) is 11.1 Å². The van der Waals surface area contributed by atoms with Gasteiger partial charge in [-0.1, -0.05) is 28.1 Å². The van der Waals surface area contributed by atoms with Crippen LogP contribution in [0, 0.1) is 0 Å².